The van der Waals surface area contributed by atoms with Crippen LogP contribution >= 0.6 is 0 Å². The standard InChI is InChI=1S/C18H26N2O/c1-3-20(4-2)16-9-7-15(8-10-16)19-18(21)17-12-13-5-6-14(17)11-13/h7-10,13-14,17H,3-6,11-12H2,1-2H3,(H,19,21)/t13-,14+,17+/m0/s1. The van der Waals surface area contributed by atoms with Crippen LogP contribution in [0.25, 0.3) is 0 Å². The maximum Gasteiger partial charge on any atom is 0.227 e. The van der Waals surface area contributed by atoms with Crippen molar-refractivity contribution in [1.29, 1.82) is 0 Å². The molecule has 1 amide bonds. The fourth-order valence-electron chi connectivity index (χ4n) is 4.15. The Bertz CT molecular complexity index is 492. The highest BCUT2D eigenvalue weighted by molar-refractivity contribution is 5.93. The van der Waals surface area contributed by atoms with Gasteiger partial charge in [-0.1, -0.05) is 6.42 Å². The third-order valence-corrected chi connectivity index (χ3v) is 5.34. The number of amides is 1. The molecule has 0 radical (unpaired) electrons. The van der Waals surface area contributed by atoms with Gasteiger partial charge in [0.25, 0.3) is 0 Å². The highest BCUT2D eigenvalue weighted by atomic mass is 16.1. The van der Waals surface area contributed by atoms with Crippen molar-refractivity contribution in [3.8, 4) is 0 Å². The lowest BCUT2D eigenvalue weighted by Gasteiger charge is -2.22. The van der Waals surface area contributed by atoms with Gasteiger partial charge in [0.15, 0.2) is 0 Å². The Morgan fingerprint density at radius 3 is 2.38 bits per heavy atom. The van der Waals surface area contributed by atoms with Gasteiger partial charge in [0.1, 0.15) is 0 Å². The van der Waals surface area contributed by atoms with E-state index in [1.54, 1.807) is 0 Å². The summed E-state index contributed by atoms with van der Waals surface area (Å²) in [5.41, 5.74) is 2.15. The highest BCUT2D eigenvalue weighted by Gasteiger charge is 2.42. The Hall–Kier alpha value is -1.51. The summed E-state index contributed by atoms with van der Waals surface area (Å²) in [6, 6.07) is 8.25. The monoisotopic (exact) mass is 286 g/mol. The molecule has 1 aromatic rings. The van der Waals surface area contributed by atoms with Gasteiger partial charge in [0.05, 0.1) is 0 Å². The number of hydrogen-bond acceptors (Lipinski definition) is 2. The van der Waals surface area contributed by atoms with E-state index in [1.165, 1.54) is 24.9 Å². The summed E-state index contributed by atoms with van der Waals surface area (Å²) in [4.78, 5) is 14.7. The number of carbonyl (C=O) groups is 1. The van der Waals surface area contributed by atoms with Crippen molar-refractivity contribution in [2.45, 2.75) is 39.5 Å². The van der Waals surface area contributed by atoms with E-state index < -0.39 is 0 Å². The first kappa shape index (κ1) is 14.4. The van der Waals surface area contributed by atoms with Gasteiger partial charge in [0.2, 0.25) is 5.91 Å². The van der Waals surface area contributed by atoms with E-state index in [1.807, 2.05) is 12.1 Å². The van der Waals surface area contributed by atoms with Gasteiger partial charge >= 0.3 is 0 Å². The summed E-state index contributed by atoms with van der Waals surface area (Å²) < 4.78 is 0. The molecule has 1 aromatic carbocycles. The zero-order valence-corrected chi connectivity index (χ0v) is 13.1. The Labute approximate surface area is 127 Å². The van der Waals surface area contributed by atoms with Crippen LogP contribution < -0.4 is 10.2 Å². The molecule has 21 heavy (non-hydrogen) atoms. The molecule has 0 aliphatic heterocycles. The molecule has 2 aliphatic rings. The number of benzene rings is 1. The lowest BCUT2D eigenvalue weighted by atomic mass is 9.88. The molecule has 0 spiro atoms. The minimum Gasteiger partial charge on any atom is -0.372 e. The Morgan fingerprint density at radius 2 is 1.86 bits per heavy atom. The predicted molar refractivity (Wildman–Crippen MR) is 87.6 cm³/mol. The van der Waals surface area contributed by atoms with Crippen molar-refractivity contribution in [2.75, 3.05) is 23.3 Å². The van der Waals surface area contributed by atoms with E-state index in [9.17, 15) is 4.79 Å². The van der Waals surface area contributed by atoms with Crippen LogP contribution in [0.4, 0.5) is 11.4 Å². The van der Waals surface area contributed by atoms with Crippen LogP contribution in [0.15, 0.2) is 24.3 Å². The number of nitrogens with one attached hydrogen (secondary N) is 1. The summed E-state index contributed by atoms with van der Waals surface area (Å²) in [5.74, 6) is 1.95. The largest absolute Gasteiger partial charge is 0.372 e. The molecular formula is C18H26N2O. The Balaban J connectivity index is 1.61. The average molecular weight is 286 g/mol. The zero-order valence-electron chi connectivity index (χ0n) is 13.1. The van der Waals surface area contributed by atoms with E-state index in [0.29, 0.717) is 5.92 Å². The lowest BCUT2D eigenvalue weighted by Crippen LogP contribution is -2.27. The van der Waals surface area contributed by atoms with Crippen molar-refractivity contribution in [3.05, 3.63) is 24.3 Å². The van der Waals surface area contributed by atoms with Gasteiger partial charge in [0, 0.05) is 30.4 Å². The summed E-state index contributed by atoms with van der Waals surface area (Å²) in [7, 11) is 0. The topological polar surface area (TPSA) is 32.3 Å². The maximum atomic E-state index is 12.4. The van der Waals surface area contributed by atoms with Crippen molar-refractivity contribution in [3.63, 3.8) is 0 Å². The minimum atomic E-state index is 0.234. The maximum absolute atomic E-state index is 12.4. The molecule has 114 valence electrons. The fourth-order valence-corrected chi connectivity index (χ4v) is 4.15. The van der Waals surface area contributed by atoms with Gasteiger partial charge in [-0.05, 0) is 69.2 Å². The van der Waals surface area contributed by atoms with Crippen molar-refractivity contribution < 1.29 is 4.79 Å². The first-order valence-corrected chi connectivity index (χ1v) is 8.37. The van der Waals surface area contributed by atoms with Gasteiger partial charge in [-0.3, -0.25) is 4.79 Å². The summed E-state index contributed by atoms with van der Waals surface area (Å²) in [5, 5.41) is 3.11. The second-order valence-corrected chi connectivity index (χ2v) is 6.49. The molecule has 0 unspecified atom stereocenters. The van der Waals surface area contributed by atoms with E-state index in [-0.39, 0.29) is 11.8 Å². The van der Waals surface area contributed by atoms with Crippen LogP contribution in [0.3, 0.4) is 0 Å². The van der Waals surface area contributed by atoms with E-state index in [4.69, 9.17) is 0 Å². The molecule has 0 saturated heterocycles. The second-order valence-electron chi connectivity index (χ2n) is 6.49. The second kappa shape index (κ2) is 6.08. The summed E-state index contributed by atoms with van der Waals surface area (Å²) in [6.07, 6.45) is 4.98. The number of anilines is 2. The molecule has 3 rings (SSSR count). The third-order valence-electron chi connectivity index (χ3n) is 5.34. The van der Waals surface area contributed by atoms with E-state index >= 15 is 0 Å². The fraction of sp³-hybridized carbons (Fsp3) is 0.611. The average Bonchev–Trinajstić information content (AvgIpc) is 3.13. The van der Waals surface area contributed by atoms with E-state index in [0.717, 1.165) is 31.1 Å². The molecular weight excluding hydrogens is 260 g/mol. The zero-order chi connectivity index (χ0) is 14.8. The molecule has 2 bridgehead atoms. The number of hydrogen-bond donors (Lipinski definition) is 1. The SMILES string of the molecule is CCN(CC)c1ccc(NC(=O)[C@@H]2C[C@H]3CC[C@@H]2C3)cc1. The number of rotatable bonds is 5. The molecule has 0 heterocycles. The van der Waals surface area contributed by atoms with Crippen LogP contribution in [0.2, 0.25) is 0 Å². The van der Waals surface area contributed by atoms with Crippen LogP contribution in [-0.4, -0.2) is 19.0 Å². The number of fused-ring (bicyclic) bond motifs is 2. The molecule has 2 fully saturated rings. The molecule has 3 atom stereocenters. The van der Waals surface area contributed by atoms with Crippen LogP contribution in [0.1, 0.15) is 39.5 Å². The molecule has 1 N–H and O–H groups in total. The lowest BCUT2D eigenvalue weighted by molar-refractivity contribution is -0.121. The Kier molecular flexibility index (Phi) is 4.18. The molecule has 0 aromatic heterocycles. The first-order chi connectivity index (χ1) is 10.2. The van der Waals surface area contributed by atoms with Crippen LogP contribution in [-0.2, 0) is 4.79 Å². The van der Waals surface area contributed by atoms with Crippen molar-refractivity contribution in [1.82, 2.24) is 0 Å². The molecule has 3 heteroatoms. The van der Waals surface area contributed by atoms with Gasteiger partial charge in [-0.15, -0.1) is 0 Å². The Morgan fingerprint density at radius 1 is 1.14 bits per heavy atom. The van der Waals surface area contributed by atoms with Crippen LogP contribution in [0, 0.1) is 17.8 Å². The highest BCUT2D eigenvalue weighted by Crippen LogP contribution is 2.48. The molecule has 2 saturated carbocycles. The predicted octanol–water partition coefficient (Wildman–Crippen LogP) is 3.91. The van der Waals surface area contributed by atoms with Gasteiger partial charge in [-0.2, -0.15) is 0 Å². The van der Waals surface area contributed by atoms with E-state index in [2.05, 4.69) is 36.2 Å². The minimum absolute atomic E-state index is 0.234. The van der Waals surface area contributed by atoms with Gasteiger partial charge in [-0.25, -0.2) is 0 Å². The normalized spacial score (nSPS) is 26.9. The molecule has 2 aliphatic carbocycles. The summed E-state index contributed by atoms with van der Waals surface area (Å²) in [6.45, 7) is 6.34. The first-order valence-electron chi connectivity index (χ1n) is 8.37. The quantitative estimate of drug-likeness (QED) is 0.890. The summed E-state index contributed by atoms with van der Waals surface area (Å²) >= 11 is 0. The third kappa shape index (κ3) is 2.92. The van der Waals surface area contributed by atoms with Crippen LogP contribution in [0.5, 0.6) is 0 Å². The number of nitrogens with zero attached hydrogens (tertiary/aromatic N) is 1. The van der Waals surface area contributed by atoms with Crippen molar-refractivity contribution >= 4 is 17.3 Å². The van der Waals surface area contributed by atoms with Crippen molar-refractivity contribution in [2.24, 2.45) is 17.8 Å². The van der Waals surface area contributed by atoms with Gasteiger partial charge < -0.3 is 10.2 Å². The number of carbonyl (C=O) groups excluding carboxylic acids is 1. The smallest absolute Gasteiger partial charge is 0.227 e. The molecule has 3 nitrogen and oxygen atoms in total.